The lowest BCUT2D eigenvalue weighted by Crippen LogP contribution is -2.29. The lowest BCUT2D eigenvalue weighted by Gasteiger charge is -2.20. The van der Waals surface area contributed by atoms with E-state index >= 15 is 0 Å². The third-order valence-corrected chi connectivity index (χ3v) is 3.54. The van der Waals surface area contributed by atoms with E-state index in [1.54, 1.807) is 13.2 Å². The molecule has 0 saturated carbocycles. The van der Waals surface area contributed by atoms with Gasteiger partial charge in [-0.15, -0.1) is 0 Å². The van der Waals surface area contributed by atoms with E-state index < -0.39 is 5.82 Å². The molecule has 0 aliphatic rings. The average Bonchev–Trinajstić information content (AvgIpc) is 2.45. The van der Waals surface area contributed by atoms with Gasteiger partial charge in [0.15, 0.2) is 0 Å². The van der Waals surface area contributed by atoms with Crippen molar-refractivity contribution >= 4 is 11.6 Å². The number of rotatable bonds is 4. The quantitative estimate of drug-likeness (QED) is 0.671. The molecule has 0 spiro atoms. The Kier molecular flexibility index (Phi) is 4.60. The topological polar surface area (TPSA) is 47.3 Å². The summed E-state index contributed by atoms with van der Waals surface area (Å²) in [6.07, 6.45) is 0. The number of halogens is 2. The molecule has 0 bridgehead atoms. The normalized spacial score (nSPS) is 12.2. The number of ether oxygens (including phenoxy) is 1. The maximum absolute atomic E-state index is 13.6. The fourth-order valence-electron chi connectivity index (χ4n) is 2.16. The van der Waals surface area contributed by atoms with Crippen molar-refractivity contribution in [3.05, 3.63) is 63.9 Å². The first-order valence-electron chi connectivity index (χ1n) is 6.12. The molecule has 1 unspecified atom stereocenters. The highest BCUT2D eigenvalue weighted by Crippen LogP contribution is 2.28. The third kappa shape index (κ3) is 2.93. The lowest BCUT2D eigenvalue weighted by atomic mass is 9.95. The van der Waals surface area contributed by atoms with E-state index in [-0.39, 0.29) is 11.1 Å². The number of methoxy groups -OCH3 is 1. The molecule has 1 atom stereocenters. The van der Waals surface area contributed by atoms with Crippen LogP contribution in [0.15, 0.2) is 36.4 Å². The summed E-state index contributed by atoms with van der Waals surface area (Å²) in [6.45, 7) is 1.95. The molecule has 0 aromatic heterocycles. The highest BCUT2D eigenvalue weighted by atomic mass is 35.5. The van der Waals surface area contributed by atoms with Crippen LogP contribution in [0.5, 0.6) is 5.75 Å². The maximum Gasteiger partial charge on any atom is 0.142 e. The summed E-state index contributed by atoms with van der Waals surface area (Å²) in [6, 6.07) is 10.0. The second-order valence-corrected chi connectivity index (χ2v) is 4.90. The fraction of sp³-hybridized carbons (Fsp3) is 0.200. The summed E-state index contributed by atoms with van der Waals surface area (Å²) in [4.78, 5) is 0. The van der Waals surface area contributed by atoms with E-state index in [1.807, 2.05) is 25.1 Å². The number of nitrogens with one attached hydrogen (secondary N) is 1. The minimum atomic E-state index is -0.462. The van der Waals surface area contributed by atoms with Gasteiger partial charge >= 0.3 is 0 Å². The lowest BCUT2D eigenvalue weighted by molar-refractivity contribution is 0.414. The van der Waals surface area contributed by atoms with Gasteiger partial charge in [0.05, 0.1) is 18.2 Å². The van der Waals surface area contributed by atoms with Crippen LogP contribution in [0.1, 0.15) is 22.7 Å². The second kappa shape index (κ2) is 6.22. The molecule has 2 aromatic rings. The van der Waals surface area contributed by atoms with Crippen molar-refractivity contribution in [1.82, 2.24) is 5.43 Å². The van der Waals surface area contributed by atoms with Crippen molar-refractivity contribution in [2.45, 2.75) is 13.0 Å². The van der Waals surface area contributed by atoms with Gasteiger partial charge < -0.3 is 4.74 Å². The monoisotopic (exact) mass is 294 g/mol. The van der Waals surface area contributed by atoms with Crippen molar-refractivity contribution in [3.8, 4) is 5.75 Å². The number of hydrogen-bond acceptors (Lipinski definition) is 3. The summed E-state index contributed by atoms with van der Waals surface area (Å²) in [5.74, 6) is 5.93. The molecular formula is C15H16ClFN2O. The Bertz CT molecular complexity index is 619. The first kappa shape index (κ1) is 14.8. The van der Waals surface area contributed by atoms with Crippen LogP contribution in [0.2, 0.25) is 5.02 Å². The Morgan fingerprint density at radius 1 is 1.25 bits per heavy atom. The molecule has 0 aliphatic heterocycles. The maximum atomic E-state index is 13.6. The zero-order valence-electron chi connectivity index (χ0n) is 11.3. The van der Waals surface area contributed by atoms with Crippen LogP contribution in [-0.2, 0) is 0 Å². The van der Waals surface area contributed by atoms with E-state index in [2.05, 4.69) is 5.43 Å². The molecule has 5 heteroatoms. The summed E-state index contributed by atoms with van der Waals surface area (Å²) >= 11 is 5.70. The number of benzene rings is 2. The number of hydrogen-bond donors (Lipinski definition) is 2. The molecule has 2 rings (SSSR count). The molecule has 0 radical (unpaired) electrons. The van der Waals surface area contributed by atoms with Gasteiger partial charge in [-0.3, -0.25) is 5.84 Å². The van der Waals surface area contributed by atoms with Gasteiger partial charge in [-0.1, -0.05) is 23.7 Å². The van der Waals surface area contributed by atoms with Crippen molar-refractivity contribution in [2.75, 3.05) is 7.11 Å². The molecule has 106 valence electrons. The largest absolute Gasteiger partial charge is 0.497 e. The zero-order valence-corrected chi connectivity index (χ0v) is 12.0. The van der Waals surface area contributed by atoms with Crippen LogP contribution < -0.4 is 16.0 Å². The van der Waals surface area contributed by atoms with Crippen LogP contribution in [0.25, 0.3) is 0 Å². The first-order chi connectivity index (χ1) is 9.56. The van der Waals surface area contributed by atoms with Crippen LogP contribution >= 0.6 is 11.6 Å². The first-order valence-corrected chi connectivity index (χ1v) is 6.50. The van der Waals surface area contributed by atoms with E-state index in [9.17, 15) is 4.39 Å². The Hall–Kier alpha value is -1.62. The van der Waals surface area contributed by atoms with Crippen molar-refractivity contribution in [2.24, 2.45) is 5.84 Å². The Morgan fingerprint density at radius 3 is 2.55 bits per heavy atom. The molecule has 20 heavy (non-hydrogen) atoms. The highest BCUT2D eigenvalue weighted by Gasteiger charge is 2.16. The minimum absolute atomic E-state index is 0.0935. The molecule has 0 heterocycles. The van der Waals surface area contributed by atoms with Gasteiger partial charge in [0.1, 0.15) is 11.6 Å². The molecule has 0 amide bonds. The van der Waals surface area contributed by atoms with Gasteiger partial charge in [0.2, 0.25) is 0 Å². The van der Waals surface area contributed by atoms with E-state index in [4.69, 9.17) is 22.2 Å². The molecule has 0 saturated heterocycles. The summed E-state index contributed by atoms with van der Waals surface area (Å²) in [5, 5.41) is 0.0935. The van der Waals surface area contributed by atoms with Gasteiger partial charge in [0.25, 0.3) is 0 Å². The summed E-state index contributed by atoms with van der Waals surface area (Å²) < 4.78 is 18.8. The predicted octanol–water partition coefficient (Wildman–Crippen LogP) is 3.35. The van der Waals surface area contributed by atoms with Crippen molar-refractivity contribution < 1.29 is 9.13 Å². The minimum Gasteiger partial charge on any atom is -0.497 e. The van der Waals surface area contributed by atoms with Gasteiger partial charge in [-0.2, -0.15) is 0 Å². The molecule has 0 aliphatic carbocycles. The molecular weight excluding hydrogens is 279 g/mol. The Labute approximate surface area is 122 Å². The summed E-state index contributed by atoms with van der Waals surface area (Å²) in [5.41, 5.74) is 5.38. The molecule has 3 N–H and O–H groups in total. The number of nitrogens with two attached hydrogens (primary N) is 1. The number of hydrazine groups is 1. The van der Waals surface area contributed by atoms with Crippen LogP contribution in [0, 0.1) is 12.7 Å². The average molecular weight is 295 g/mol. The number of aryl methyl sites for hydroxylation is 1. The molecule has 3 nitrogen and oxygen atoms in total. The van der Waals surface area contributed by atoms with Gasteiger partial charge in [-0.25, -0.2) is 9.82 Å². The SMILES string of the molecule is COc1ccc(C(NN)c2ccc(Cl)c(F)c2)c(C)c1. The standard InChI is InChI=1S/C15H16ClFN2O/c1-9-7-11(20-2)4-5-12(9)15(19-18)10-3-6-13(16)14(17)8-10/h3-8,15,19H,18H2,1-2H3. The Balaban J connectivity index is 2.43. The predicted molar refractivity (Wildman–Crippen MR) is 78.3 cm³/mol. The third-order valence-electron chi connectivity index (χ3n) is 3.23. The van der Waals surface area contributed by atoms with Crippen LogP contribution in [0.4, 0.5) is 4.39 Å². The van der Waals surface area contributed by atoms with Gasteiger partial charge in [0, 0.05) is 0 Å². The van der Waals surface area contributed by atoms with Crippen LogP contribution in [-0.4, -0.2) is 7.11 Å². The van der Waals surface area contributed by atoms with Crippen molar-refractivity contribution in [1.29, 1.82) is 0 Å². The van der Waals surface area contributed by atoms with E-state index in [0.717, 1.165) is 16.9 Å². The second-order valence-electron chi connectivity index (χ2n) is 4.50. The smallest absolute Gasteiger partial charge is 0.142 e. The van der Waals surface area contributed by atoms with E-state index in [1.165, 1.54) is 12.1 Å². The van der Waals surface area contributed by atoms with Crippen molar-refractivity contribution in [3.63, 3.8) is 0 Å². The highest BCUT2D eigenvalue weighted by molar-refractivity contribution is 6.30. The Morgan fingerprint density at radius 2 is 2.00 bits per heavy atom. The fourth-order valence-corrected chi connectivity index (χ4v) is 2.27. The van der Waals surface area contributed by atoms with E-state index in [0.29, 0.717) is 5.56 Å². The zero-order chi connectivity index (χ0) is 14.7. The van der Waals surface area contributed by atoms with Gasteiger partial charge in [-0.05, 0) is 47.9 Å². The molecule has 0 fully saturated rings. The summed E-state index contributed by atoms with van der Waals surface area (Å²) in [7, 11) is 1.61. The molecule has 2 aromatic carbocycles. The van der Waals surface area contributed by atoms with Crippen LogP contribution in [0.3, 0.4) is 0 Å².